The smallest absolute Gasteiger partial charge is 0.310 e. The highest BCUT2D eigenvalue weighted by Crippen LogP contribution is 2.75. The molecule has 0 aromatic rings. The second-order valence-corrected chi connectivity index (χ2v) is 17.4. The van der Waals surface area contributed by atoms with Gasteiger partial charge in [0.1, 0.15) is 18.3 Å². The molecule has 0 aromatic heterocycles. The minimum Gasteiger partial charge on any atom is -0.481 e. The Kier molecular flexibility index (Phi) is 7.20. The zero-order valence-corrected chi connectivity index (χ0v) is 27.0. The molecule has 4 saturated carbocycles. The van der Waals surface area contributed by atoms with E-state index >= 15 is 0 Å². The van der Waals surface area contributed by atoms with E-state index in [0.717, 1.165) is 64.2 Å². The number of fused-ring (bicyclic) bond motifs is 7. The van der Waals surface area contributed by atoms with E-state index in [9.17, 15) is 25.2 Å². The molecule has 5 aliphatic carbocycles. The Balaban J connectivity index is 1.30. The number of aliphatic hydroxyl groups is 3. The van der Waals surface area contributed by atoms with Crippen LogP contribution >= 0.6 is 0 Å². The van der Waals surface area contributed by atoms with Crippen LogP contribution in [0, 0.1) is 50.2 Å². The fourth-order valence-electron chi connectivity index (χ4n) is 11.9. The van der Waals surface area contributed by atoms with Gasteiger partial charge in [-0.3, -0.25) is 4.79 Å². The quantitative estimate of drug-likeness (QED) is 0.247. The number of allylic oxidation sites excluding steroid dienone is 2. The zero-order chi connectivity index (χ0) is 30.7. The first-order valence-corrected chi connectivity index (χ1v) is 16.7. The van der Waals surface area contributed by atoms with Gasteiger partial charge in [-0.15, -0.1) is 0 Å². The highest BCUT2D eigenvalue weighted by Gasteiger charge is 2.69. The molecular weight excluding hydrogens is 532 g/mol. The maximum Gasteiger partial charge on any atom is 0.310 e. The van der Waals surface area contributed by atoms with E-state index in [1.807, 2.05) is 0 Å². The molecule has 1 aliphatic heterocycles. The van der Waals surface area contributed by atoms with Crippen molar-refractivity contribution in [2.75, 3.05) is 6.61 Å². The predicted molar refractivity (Wildman–Crippen MR) is 159 cm³/mol. The maximum atomic E-state index is 12.9. The Morgan fingerprint density at radius 3 is 2.26 bits per heavy atom. The van der Waals surface area contributed by atoms with Crippen LogP contribution in [0.1, 0.15) is 113 Å². The van der Waals surface area contributed by atoms with E-state index in [1.165, 1.54) is 5.57 Å². The number of ether oxygens (including phenoxy) is 2. The lowest BCUT2D eigenvalue weighted by molar-refractivity contribution is -0.308. The topological polar surface area (TPSA) is 116 Å². The van der Waals surface area contributed by atoms with Gasteiger partial charge in [0.25, 0.3) is 0 Å². The van der Waals surface area contributed by atoms with Crippen molar-refractivity contribution in [1.82, 2.24) is 0 Å². The Hall–Kier alpha value is -0.990. The zero-order valence-electron chi connectivity index (χ0n) is 27.0. The van der Waals surface area contributed by atoms with Crippen molar-refractivity contribution in [2.24, 2.45) is 50.2 Å². The van der Waals surface area contributed by atoms with Crippen LogP contribution in [0.2, 0.25) is 0 Å². The first kappa shape index (κ1) is 31.0. The summed E-state index contributed by atoms with van der Waals surface area (Å²) in [6.45, 7) is 16.8. The Morgan fingerprint density at radius 2 is 1.57 bits per heavy atom. The van der Waals surface area contributed by atoms with Gasteiger partial charge < -0.3 is 29.9 Å². The fraction of sp³-hybridized carbons (Fsp3) is 0.914. The van der Waals surface area contributed by atoms with Crippen LogP contribution in [-0.4, -0.2) is 63.7 Å². The van der Waals surface area contributed by atoms with E-state index in [1.54, 1.807) is 0 Å². The van der Waals surface area contributed by atoms with E-state index in [4.69, 9.17) is 9.47 Å². The van der Waals surface area contributed by atoms with Crippen molar-refractivity contribution in [3.63, 3.8) is 0 Å². The SMILES string of the molecule is CC1(C)CC[C@]2(C(=O)O)CC[C@]3(C)C(=CC[C@@H]4[C@@]5(C)CC[C@H](O[C@@H]6OC[C@@H](O)[C@@H](O)[C@@H]6O)C(C)(C)[C@@H]5CC[C@]43C)[C@@H]2C1. The van der Waals surface area contributed by atoms with Gasteiger partial charge in [-0.1, -0.05) is 60.1 Å². The van der Waals surface area contributed by atoms with E-state index in [0.29, 0.717) is 11.8 Å². The van der Waals surface area contributed by atoms with Gasteiger partial charge in [-0.2, -0.15) is 0 Å². The molecule has 7 nitrogen and oxygen atoms in total. The summed E-state index contributed by atoms with van der Waals surface area (Å²) in [5, 5.41) is 41.3. The molecule has 238 valence electrons. The van der Waals surface area contributed by atoms with Crippen molar-refractivity contribution < 1.29 is 34.7 Å². The summed E-state index contributed by atoms with van der Waals surface area (Å²) in [6.07, 6.45) is 7.38. The van der Waals surface area contributed by atoms with Crippen LogP contribution in [0.25, 0.3) is 0 Å². The standard InChI is InChI=1S/C35H56O7/c1-30(2)14-16-35(29(39)40)17-15-33(6)20(21(35)18-30)8-9-24-32(5)12-11-25(31(3,4)23(32)10-13-34(24,33)7)42-28-27(38)26(37)22(36)19-41-28/h8,21-28,36-38H,9-19H2,1-7H3,(H,39,40)/t21-,22+,23-,24+,25-,26+,27-,28-,32-,33+,34+,35-/m0/s1. The van der Waals surface area contributed by atoms with Crippen molar-refractivity contribution in [2.45, 2.75) is 143 Å². The van der Waals surface area contributed by atoms with Gasteiger partial charge in [0.15, 0.2) is 6.29 Å². The van der Waals surface area contributed by atoms with Gasteiger partial charge in [0.2, 0.25) is 0 Å². The van der Waals surface area contributed by atoms with Gasteiger partial charge in [-0.05, 0) is 109 Å². The van der Waals surface area contributed by atoms with Crippen molar-refractivity contribution >= 4 is 5.97 Å². The van der Waals surface area contributed by atoms with Crippen LogP contribution in [0.15, 0.2) is 11.6 Å². The van der Waals surface area contributed by atoms with E-state index in [2.05, 4.69) is 54.5 Å². The Labute approximate surface area is 252 Å². The predicted octanol–water partition coefficient (Wildman–Crippen LogP) is 5.70. The lowest BCUT2D eigenvalue weighted by Gasteiger charge is -2.71. The molecular formula is C35H56O7. The fourth-order valence-corrected chi connectivity index (χ4v) is 11.9. The molecule has 0 unspecified atom stereocenters. The second kappa shape index (κ2) is 9.75. The first-order valence-electron chi connectivity index (χ1n) is 16.7. The van der Waals surface area contributed by atoms with Crippen LogP contribution in [0.4, 0.5) is 0 Å². The van der Waals surface area contributed by atoms with Gasteiger partial charge in [0, 0.05) is 0 Å². The normalized spacial score (nSPS) is 53.0. The summed E-state index contributed by atoms with van der Waals surface area (Å²) >= 11 is 0. The molecule has 0 aromatic carbocycles. The number of hydrogen-bond acceptors (Lipinski definition) is 6. The number of aliphatic carboxylic acids is 1. The van der Waals surface area contributed by atoms with E-state index in [-0.39, 0.29) is 45.7 Å². The molecule has 4 N–H and O–H groups in total. The third-order valence-corrected chi connectivity index (χ3v) is 14.8. The largest absolute Gasteiger partial charge is 0.481 e. The number of rotatable bonds is 3. The summed E-state index contributed by atoms with van der Waals surface area (Å²) in [6, 6.07) is 0. The number of carbonyl (C=O) groups is 1. The van der Waals surface area contributed by atoms with Crippen LogP contribution in [0.3, 0.4) is 0 Å². The highest BCUT2D eigenvalue weighted by molar-refractivity contribution is 5.76. The minimum absolute atomic E-state index is 0.00452. The molecule has 6 aliphatic rings. The lowest BCUT2D eigenvalue weighted by Crippen LogP contribution is -2.65. The molecule has 0 spiro atoms. The highest BCUT2D eigenvalue weighted by atomic mass is 16.7. The number of hydrogen-bond donors (Lipinski definition) is 4. The van der Waals surface area contributed by atoms with Crippen molar-refractivity contribution in [3.05, 3.63) is 11.6 Å². The Morgan fingerprint density at radius 1 is 0.881 bits per heavy atom. The molecule has 7 heteroatoms. The van der Waals surface area contributed by atoms with E-state index < -0.39 is 36.0 Å². The average Bonchev–Trinajstić information content (AvgIpc) is 2.90. The summed E-state index contributed by atoms with van der Waals surface area (Å²) in [5.74, 6) is 0.465. The Bertz CT molecular complexity index is 1130. The molecule has 0 bridgehead atoms. The van der Waals surface area contributed by atoms with Crippen molar-refractivity contribution in [3.8, 4) is 0 Å². The second-order valence-electron chi connectivity index (χ2n) is 17.4. The third kappa shape index (κ3) is 4.12. The molecule has 6 rings (SSSR count). The van der Waals surface area contributed by atoms with Crippen LogP contribution in [-0.2, 0) is 14.3 Å². The summed E-state index contributed by atoms with van der Waals surface area (Å²) in [5.41, 5.74) is 1.05. The molecule has 0 amide bonds. The first-order chi connectivity index (χ1) is 19.4. The van der Waals surface area contributed by atoms with Crippen molar-refractivity contribution in [1.29, 1.82) is 0 Å². The monoisotopic (exact) mass is 588 g/mol. The summed E-state index contributed by atoms with van der Waals surface area (Å²) in [4.78, 5) is 12.9. The molecule has 1 heterocycles. The van der Waals surface area contributed by atoms with Gasteiger partial charge in [0.05, 0.1) is 18.1 Å². The molecule has 5 fully saturated rings. The third-order valence-electron chi connectivity index (χ3n) is 14.8. The maximum absolute atomic E-state index is 12.9. The number of carboxylic acid groups (broad SMARTS) is 1. The van der Waals surface area contributed by atoms with Crippen LogP contribution < -0.4 is 0 Å². The molecule has 1 saturated heterocycles. The number of carboxylic acids is 1. The molecule has 42 heavy (non-hydrogen) atoms. The molecule has 0 radical (unpaired) electrons. The summed E-state index contributed by atoms with van der Waals surface area (Å²) in [7, 11) is 0. The van der Waals surface area contributed by atoms with Crippen LogP contribution in [0.5, 0.6) is 0 Å². The van der Waals surface area contributed by atoms with Gasteiger partial charge >= 0.3 is 5.97 Å². The average molecular weight is 589 g/mol. The molecule has 12 atom stereocenters. The van der Waals surface area contributed by atoms with Gasteiger partial charge in [-0.25, -0.2) is 0 Å². The summed E-state index contributed by atoms with van der Waals surface area (Å²) < 4.78 is 12.1. The minimum atomic E-state index is -1.27. The lowest BCUT2D eigenvalue weighted by atomic mass is 9.33. The number of aliphatic hydroxyl groups excluding tert-OH is 3.